The minimum atomic E-state index is -4.12. The van der Waals surface area contributed by atoms with Crippen LogP contribution >= 0.6 is 0 Å². The molecule has 2 N–H and O–H groups in total. The van der Waals surface area contributed by atoms with Crippen LogP contribution in [-0.2, 0) is 22.9 Å². The molecular weight excluding hydrogens is 396 g/mol. The Morgan fingerprint density at radius 1 is 1.14 bits per heavy atom. The molecule has 0 bridgehead atoms. The van der Waals surface area contributed by atoms with Crippen molar-refractivity contribution in [3.63, 3.8) is 0 Å². The molecule has 1 unspecified atom stereocenters. The fourth-order valence-electron chi connectivity index (χ4n) is 3.76. The van der Waals surface area contributed by atoms with Gasteiger partial charge in [0.2, 0.25) is 0 Å². The van der Waals surface area contributed by atoms with Crippen LogP contribution in [0.2, 0.25) is 0 Å². The van der Waals surface area contributed by atoms with Crippen molar-refractivity contribution in [3.05, 3.63) is 82.7 Å². The summed E-state index contributed by atoms with van der Waals surface area (Å²) in [5.74, 6) is -1.72. The fourth-order valence-corrected chi connectivity index (χ4v) is 5.08. The minimum absolute atomic E-state index is 0.0307. The topological polar surface area (TPSA) is 85.8 Å². The molecule has 0 aliphatic heterocycles. The molecule has 29 heavy (non-hydrogen) atoms. The molecule has 0 amide bonds. The third kappa shape index (κ3) is 3.61. The van der Waals surface area contributed by atoms with E-state index in [1.54, 1.807) is 0 Å². The molecule has 1 aliphatic rings. The molecule has 0 saturated heterocycles. The first-order chi connectivity index (χ1) is 13.9. The lowest BCUT2D eigenvalue weighted by atomic mass is 9.83. The Kier molecular flexibility index (Phi) is 4.84. The molecule has 1 heterocycles. The summed E-state index contributed by atoms with van der Waals surface area (Å²) < 4.78 is 55.6. The molecule has 8 heteroatoms. The largest absolute Gasteiger partial charge is 0.363 e. The van der Waals surface area contributed by atoms with Crippen LogP contribution < -0.4 is 4.72 Å². The van der Waals surface area contributed by atoms with Gasteiger partial charge in [0.1, 0.15) is 22.6 Å². The van der Waals surface area contributed by atoms with E-state index in [9.17, 15) is 17.2 Å². The first-order valence-electron chi connectivity index (χ1n) is 9.05. The number of aromatic amines is 1. The highest BCUT2D eigenvalue weighted by Gasteiger charge is 2.29. The number of anilines is 1. The molecule has 4 rings (SSSR count). The Labute approximate surface area is 167 Å². The van der Waals surface area contributed by atoms with Crippen molar-refractivity contribution >= 4 is 15.7 Å². The molecule has 1 aliphatic carbocycles. The summed E-state index contributed by atoms with van der Waals surface area (Å²) in [5.41, 5.74) is 1.67. The minimum Gasteiger partial charge on any atom is -0.363 e. The van der Waals surface area contributed by atoms with Gasteiger partial charge in [-0.2, -0.15) is 5.26 Å². The van der Waals surface area contributed by atoms with Crippen molar-refractivity contribution in [1.29, 1.82) is 5.26 Å². The Bertz CT molecular complexity index is 1210. The first kappa shape index (κ1) is 19.2. The van der Waals surface area contributed by atoms with Crippen molar-refractivity contribution in [2.24, 2.45) is 0 Å². The van der Waals surface area contributed by atoms with Crippen molar-refractivity contribution in [3.8, 4) is 6.07 Å². The maximum atomic E-state index is 14.1. The van der Waals surface area contributed by atoms with Gasteiger partial charge in [0.15, 0.2) is 0 Å². The van der Waals surface area contributed by atoms with E-state index in [-0.39, 0.29) is 10.8 Å². The molecule has 3 aromatic rings. The molecular formula is C21H17F2N3O2S. The fraction of sp³-hybridized carbons (Fsp3) is 0.190. The predicted octanol–water partition coefficient (Wildman–Crippen LogP) is 4.24. The van der Waals surface area contributed by atoms with E-state index >= 15 is 0 Å². The van der Waals surface area contributed by atoms with Crippen LogP contribution in [-0.4, -0.2) is 13.4 Å². The van der Waals surface area contributed by atoms with E-state index in [0.29, 0.717) is 30.5 Å². The highest BCUT2D eigenvalue weighted by molar-refractivity contribution is 7.92. The highest BCUT2D eigenvalue weighted by atomic mass is 32.2. The molecule has 5 nitrogen and oxygen atoms in total. The second-order valence-corrected chi connectivity index (χ2v) is 8.64. The lowest BCUT2D eigenvalue weighted by molar-refractivity contribution is 0.569. The number of benzene rings is 2. The second kappa shape index (κ2) is 7.33. The SMILES string of the molecule is N#Cc1cc(F)c(NS(=O)(=O)c2c[nH]c3c2CCC(c2ccccc2)C3)cc1F. The standard InChI is InChI=1S/C21H17F2N3O2S/c22-17-10-20(18(23)8-15(17)11-24)26-29(27,28)21-12-25-19-9-14(6-7-16(19)21)13-4-2-1-3-5-13/h1-5,8,10,12,14,25-26H,6-7,9H2. The second-order valence-electron chi connectivity index (χ2n) is 6.99. The smallest absolute Gasteiger partial charge is 0.263 e. The number of nitrogens with zero attached hydrogens (tertiary/aromatic N) is 1. The summed E-state index contributed by atoms with van der Waals surface area (Å²) in [7, 11) is -4.12. The van der Waals surface area contributed by atoms with Crippen LogP contribution in [0, 0.1) is 23.0 Å². The number of hydrogen-bond acceptors (Lipinski definition) is 3. The summed E-state index contributed by atoms with van der Waals surface area (Å²) >= 11 is 0. The van der Waals surface area contributed by atoms with E-state index < -0.39 is 32.9 Å². The number of fused-ring (bicyclic) bond motifs is 1. The van der Waals surface area contributed by atoms with Crippen LogP contribution in [0.25, 0.3) is 0 Å². The van der Waals surface area contributed by atoms with Gasteiger partial charge in [-0.05, 0) is 42.4 Å². The van der Waals surface area contributed by atoms with Crippen LogP contribution in [0.4, 0.5) is 14.5 Å². The normalized spacial score (nSPS) is 16.1. The molecule has 2 aromatic carbocycles. The van der Waals surface area contributed by atoms with Crippen molar-refractivity contribution in [2.75, 3.05) is 4.72 Å². The molecule has 0 saturated carbocycles. The average Bonchev–Trinajstić information content (AvgIpc) is 3.15. The first-order valence-corrected chi connectivity index (χ1v) is 10.5. The number of rotatable bonds is 4. The van der Waals surface area contributed by atoms with E-state index in [4.69, 9.17) is 5.26 Å². The Morgan fingerprint density at radius 3 is 2.62 bits per heavy atom. The maximum Gasteiger partial charge on any atom is 0.263 e. The number of halogens is 2. The Morgan fingerprint density at radius 2 is 1.90 bits per heavy atom. The molecule has 1 atom stereocenters. The van der Waals surface area contributed by atoms with E-state index in [0.717, 1.165) is 12.1 Å². The van der Waals surface area contributed by atoms with Crippen LogP contribution in [0.5, 0.6) is 0 Å². The number of hydrogen-bond donors (Lipinski definition) is 2. The number of H-pyrrole nitrogens is 1. The monoisotopic (exact) mass is 413 g/mol. The maximum absolute atomic E-state index is 14.1. The zero-order valence-electron chi connectivity index (χ0n) is 15.2. The van der Waals surface area contributed by atoms with Crippen LogP contribution in [0.15, 0.2) is 53.6 Å². The van der Waals surface area contributed by atoms with Crippen molar-refractivity contribution < 1.29 is 17.2 Å². The van der Waals surface area contributed by atoms with Gasteiger partial charge < -0.3 is 4.98 Å². The quantitative estimate of drug-likeness (QED) is 0.671. The van der Waals surface area contributed by atoms with E-state index in [1.165, 1.54) is 17.8 Å². The number of sulfonamides is 1. The van der Waals surface area contributed by atoms with E-state index in [1.807, 2.05) is 18.2 Å². The van der Waals surface area contributed by atoms with Gasteiger partial charge in [-0.15, -0.1) is 0 Å². The lowest BCUT2D eigenvalue weighted by Crippen LogP contribution is -2.18. The third-order valence-electron chi connectivity index (χ3n) is 5.21. The molecule has 148 valence electrons. The summed E-state index contributed by atoms with van der Waals surface area (Å²) in [5, 5.41) is 8.75. The molecule has 0 radical (unpaired) electrons. The molecule has 1 aromatic heterocycles. The van der Waals surface area contributed by atoms with Gasteiger partial charge >= 0.3 is 0 Å². The highest BCUT2D eigenvalue weighted by Crippen LogP contribution is 2.36. The van der Waals surface area contributed by atoms with Crippen molar-refractivity contribution in [1.82, 2.24) is 4.98 Å². The van der Waals surface area contributed by atoms with Crippen LogP contribution in [0.1, 0.15) is 34.7 Å². The summed E-state index contributed by atoms with van der Waals surface area (Å²) in [6, 6.07) is 12.9. The van der Waals surface area contributed by atoms with Crippen LogP contribution in [0.3, 0.4) is 0 Å². The van der Waals surface area contributed by atoms with Gasteiger partial charge in [0, 0.05) is 18.0 Å². The number of nitrogens with one attached hydrogen (secondary N) is 2. The van der Waals surface area contributed by atoms with Gasteiger partial charge in [-0.3, -0.25) is 4.72 Å². The molecule has 0 fully saturated rings. The third-order valence-corrected chi connectivity index (χ3v) is 6.65. The summed E-state index contributed by atoms with van der Waals surface area (Å²) in [6.07, 6.45) is 3.41. The summed E-state index contributed by atoms with van der Waals surface area (Å²) in [6.45, 7) is 0. The number of aromatic nitrogens is 1. The lowest BCUT2D eigenvalue weighted by Gasteiger charge is -2.23. The summed E-state index contributed by atoms with van der Waals surface area (Å²) in [4.78, 5) is 3.06. The van der Waals surface area contributed by atoms with Gasteiger partial charge in [-0.1, -0.05) is 30.3 Å². The van der Waals surface area contributed by atoms with Gasteiger partial charge in [0.25, 0.3) is 10.0 Å². The predicted molar refractivity (Wildman–Crippen MR) is 104 cm³/mol. The van der Waals surface area contributed by atoms with Gasteiger partial charge in [0.05, 0.1) is 11.3 Å². The Balaban J connectivity index is 1.61. The Hall–Kier alpha value is -3.18. The number of nitriles is 1. The zero-order chi connectivity index (χ0) is 20.6. The molecule has 0 spiro atoms. The van der Waals surface area contributed by atoms with Crippen molar-refractivity contribution in [2.45, 2.75) is 30.1 Å². The van der Waals surface area contributed by atoms with Gasteiger partial charge in [-0.25, -0.2) is 17.2 Å². The average molecular weight is 413 g/mol. The van der Waals surface area contributed by atoms with E-state index in [2.05, 4.69) is 21.8 Å². The zero-order valence-corrected chi connectivity index (χ0v) is 16.1.